The van der Waals surface area contributed by atoms with Crippen molar-refractivity contribution < 1.29 is 18.1 Å². The molecule has 2 aliphatic rings. The molecule has 0 aliphatic carbocycles. The van der Waals surface area contributed by atoms with Gasteiger partial charge >= 0.3 is 0 Å². The number of hydrogen-bond donors (Lipinski definition) is 1. The van der Waals surface area contributed by atoms with Crippen molar-refractivity contribution in [1.82, 2.24) is 9.21 Å². The van der Waals surface area contributed by atoms with Gasteiger partial charge in [-0.1, -0.05) is 24.1 Å². The number of likely N-dealkylation sites (N-methyl/N-ethyl adjacent to an activating group) is 1. The highest BCUT2D eigenvalue weighted by molar-refractivity contribution is 7.89. The smallest absolute Gasteiger partial charge is 0.243 e. The van der Waals surface area contributed by atoms with E-state index in [-0.39, 0.29) is 10.8 Å². The Balaban J connectivity index is 1.83. The van der Waals surface area contributed by atoms with Gasteiger partial charge in [0.15, 0.2) is 0 Å². The van der Waals surface area contributed by atoms with Crippen LogP contribution in [0.15, 0.2) is 29.2 Å². The largest absolute Gasteiger partial charge is 0.334 e. The molecule has 3 rings (SSSR count). The molecular formula is C18H28N3O3S+. The van der Waals surface area contributed by atoms with Crippen molar-refractivity contribution >= 4 is 15.9 Å². The van der Waals surface area contributed by atoms with Crippen LogP contribution < -0.4 is 4.90 Å². The summed E-state index contributed by atoms with van der Waals surface area (Å²) in [6.45, 7) is 5.61. The third-order valence-electron chi connectivity index (χ3n) is 5.29. The highest BCUT2D eigenvalue weighted by Crippen LogP contribution is 2.26. The topological polar surface area (TPSA) is 62.1 Å². The van der Waals surface area contributed by atoms with Crippen LogP contribution in [0.25, 0.3) is 0 Å². The first kappa shape index (κ1) is 18.4. The lowest BCUT2D eigenvalue weighted by molar-refractivity contribution is -0.883. The Labute approximate surface area is 150 Å². The monoisotopic (exact) mass is 366 g/mol. The fourth-order valence-electron chi connectivity index (χ4n) is 3.60. The van der Waals surface area contributed by atoms with E-state index in [1.807, 2.05) is 11.8 Å². The Morgan fingerprint density at radius 1 is 1.08 bits per heavy atom. The molecule has 1 aromatic carbocycles. The molecule has 0 radical (unpaired) electrons. The number of carbonyl (C=O) groups is 1. The summed E-state index contributed by atoms with van der Waals surface area (Å²) in [5.41, 5.74) is 1.02. The first-order valence-corrected chi connectivity index (χ1v) is 10.5. The second kappa shape index (κ2) is 7.43. The van der Waals surface area contributed by atoms with E-state index in [2.05, 4.69) is 7.05 Å². The summed E-state index contributed by atoms with van der Waals surface area (Å²) in [5.74, 6) is -0.0251. The number of rotatable bonds is 3. The summed E-state index contributed by atoms with van der Waals surface area (Å²) in [4.78, 5) is 16.6. The lowest BCUT2D eigenvalue weighted by Crippen LogP contribution is -3.12. The maximum absolute atomic E-state index is 13.1. The third-order valence-corrected chi connectivity index (χ3v) is 7.22. The average Bonchev–Trinajstić information content (AvgIpc) is 2.62. The molecule has 0 spiro atoms. The van der Waals surface area contributed by atoms with Gasteiger partial charge in [0.25, 0.3) is 0 Å². The van der Waals surface area contributed by atoms with Crippen molar-refractivity contribution in [1.29, 1.82) is 0 Å². The van der Waals surface area contributed by atoms with Gasteiger partial charge in [0, 0.05) is 6.54 Å². The molecule has 138 valence electrons. The molecule has 1 amide bonds. The van der Waals surface area contributed by atoms with Crippen molar-refractivity contribution in [3.05, 3.63) is 29.8 Å². The highest BCUT2D eigenvalue weighted by atomic mass is 32.2. The molecule has 0 bridgehead atoms. The second-order valence-electron chi connectivity index (χ2n) is 7.22. The summed E-state index contributed by atoms with van der Waals surface area (Å²) >= 11 is 0. The number of benzene rings is 1. The Morgan fingerprint density at radius 3 is 2.36 bits per heavy atom. The molecule has 1 atom stereocenters. The third kappa shape index (κ3) is 3.88. The molecule has 2 aliphatic heterocycles. The number of nitrogens with one attached hydrogen (secondary N) is 1. The van der Waals surface area contributed by atoms with Crippen LogP contribution in [0.1, 0.15) is 24.8 Å². The molecule has 25 heavy (non-hydrogen) atoms. The molecular weight excluding hydrogens is 338 g/mol. The Bertz CT molecular complexity index is 710. The Hall–Kier alpha value is -1.44. The summed E-state index contributed by atoms with van der Waals surface area (Å²) in [5, 5.41) is 0. The minimum absolute atomic E-state index is 0.0251. The number of aryl methyl sites for hydroxylation is 1. The van der Waals surface area contributed by atoms with E-state index < -0.39 is 16.1 Å². The molecule has 0 unspecified atom stereocenters. The van der Waals surface area contributed by atoms with E-state index in [0.29, 0.717) is 26.1 Å². The molecule has 1 N–H and O–H groups in total. The zero-order chi connectivity index (χ0) is 18.0. The molecule has 0 aromatic heterocycles. The minimum Gasteiger partial charge on any atom is -0.334 e. The van der Waals surface area contributed by atoms with Crippen LogP contribution in [-0.2, 0) is 14.8 Å². The van der Waals surface area contributed by atoms with E-state index >= 15 is 0 Å². The van der Waals surface area contributed by atoms with Gasteiger partial charge in [-0.25, -0.2) is 8.42 Å². The molecule has 2 heterocycles. The lowest BCUT2D eigenvalue weighted by atomic mass is 10.0. The molecule has 7 heteroatoms. The van der Waals surface area contributed by atoms with Gasteiger partial charge in [-0.2, -0.15) is 4.31 Å². The van der Waals surface area contributed by atoms with Gasteiger partial charge in [-0.15, -0.1) is 0 Å². The summed E-state index contributed by atoms with van der Waals surface area (Å²) < 4.78 is 27.6. The van der Waals surface area contributed by atoms with E-state index in [0.717, 1.165) is 31.5 Å². The van der Waals surface area contributed by atoms with Crippen LogP contribution in [0, 0.1) is 6.92 Å². The van der Waals surface area contributed by atoms with Gasteiger partial charge in [0.1, 0.15) is 6.04 Å². The summed E-state index contributed by atoms with van der Waals surface area (Å²) in [6.07, 6.45) is 2.32. The number of carbonyl (C=O) groups excluding carboxylic acids is 1. The molecule has 2 fully saturated rings. The number of sulfonamides is 1. The molecule has 6 nitrogen and oxygen atoms in total. The Kier molecular flexibility index (Phi) is 5.46. The van der Waals surface area contributed by atoms with E-state index in [4.69, 9.17) is 0 Å². The maximum atomic E-state index is 13.1. The Morgan fingerprint density at radius 2 is 1.72 bits per heavy atom. The zero-order valence-electron chi connectivity index (χ0n) is 15.1. The number of amides is 1. The number of nitrogens with zero attached hydrogens (tertiary/aromatic N) is 2. The van der Waals surface area contributed by atoms with Gasteiger partial charge in [-0.05, 0) is 31.9 Å². The van der Waals surface area contributed by atoms with Crippen molar-refractivity contribution in [3.8, 4) is 0 Å². The van der Waals surface area contributed by atoms with Gasteiger partial charge in [0.05, 0.1) is 38.1 Å². The molecule has 0 saturated carbocycles. The van der Waals surface area contributed by atoms with Crippen LogP contribution in [0.5, 0.6) is 0 Å². The van der Waals surface area contributed by atoms with Crippen LogP contribution >= 0.6 is 0 Å². The van der Waals surface area contributed by atoms with Crippen LogP contribution in [0.4, 0.5) is 0 Å². The summed E-state index contributed by atoms with van der Waals surface area (Å²) in [6, 6.07) is 6.33. The van der Waals surface area contributed by atoms with Gasteiger partial charge in [0.2, 0.25) is 15.9 Å². The highest BCUT2D eigenvalue weighted by Gasteiger charge is 2.40. The zero-order valence-corrected chi connectivity index (χ0v) is 15.9. The first-order valence-electron chi connectivity index (χ1n) is 9.08. The molecule has 1 aromatic rings. The fraction of sp³-hybridized carbons (Fsp3) is 0.611. The number of piperidine rings is 1. The van der Waals surface area contributed by atoms with Crippen molar-refractivity contribution in [2.75, 3.05) is 39.8 Å². The number of piperazine rings is 1. The summed E-state index contributed by atoms with van der Waals surface area (Å²) in [7, 11) is -1.52. The lowest BCUT2D eigenvalue weighted by Gasteiger charge is -2.38. The normalized spacial score (nSPS) is 23.6. The SMILES string of the molecule is Cc1ccc(S(=O)(=O)N2CCCC[C@@H]2C(=O)N2CC[NH+](C)CC2)cc1. The van der Waals surface area contributed by atoms with Gasteiger partial charge < -0.3 is 9.80 Å². The van der Waals surface area contributed by atoms with E-state index in [9.17, 15) is 13.2 Å². The average molecular weight is 367 g/mol. The van der Waals surface area contributed by atoms with Crippen LogP contribution in [0.3, 0.4) is 0 Å². The van der Waals surface area contributed by atoms with Crippen molar-refractivity contribution in [3.63, 3.8) is 0 Å². The van der Waals surface area contributed by atoms with E-state index in [1.54, 1.807) is 24.3 Å². The molecule has 2 saturated heterocycles. The predicted molar refractivity (Wildman–Crippen MR) is 95.9 cm³/mol. The first-order chi connectivity index (χ1) is 11.9. The standard InChI is InChI=1S/C18H27N3O3S/c1-15-6-8-16(9-7-15)25(23,24)21-10-4-3-5-17(21)18(22)20-13-11-19(2)12-14-20/h6-9,17H,3-5,10-14H2,1-2H3/p+1/t17-/m1/s1. The number of hydrogen-bond acceptors (Lipinski definition) is 3. The van der Waals surface area contributed by atoms with Crippen LogP contribution in [0.2, 0.25) is 0 Å². The van der Waals surface area contributed by atoms with E-state index in [1.165, 1.54) is 9.21 Å². The predicted octanol–water partition coefficient (Wildman–Crippen LogP) is -0.105. The maximum Gasteiger partial charge on any atom is 0.243 e. The van der Waals surface area contributed by atoms with Gasteiger partial charge in [-0.3, -0.25) is 4.79 Å². The number of quaternary nitrogens is 1. The minimum atomic E-state index is -3.64. The second-order valence-corrected chi connectivity index (χ2v) is 9.11. The quantitative estimate of drug-likeness (QED) is 0.812. The van der Waals surface area contributed by atoms with Crippen molar-refractivity contribution in [2.45, 2.75) is 37.1 Å². The van der Waals surface area contributed by atoms with Crippen molar-refractivity contribution in [2.24, 2.45) is 0 Å². The fourth-order valence-corrected chi connectivity index (χ4v) is 5.26. The van der Waals surface area contributed by atoms with Crippen LogP contribution in [-0.4, -0.2) is 69.3 Å².